The molecule has 0 heterocycles. The van der Waals surface area contributed by atoms with Gasteiger partial charge in [0.15, 0.2) is 0 Å². The van der Waals surface area contributed by atoms with Gasteiger partial charge in [0.1, 0.15) is 30.5 Å². The third kappa shape index (κ3) is 6.77. The van der Waals surface area contributed by atoms with Crippen LogP contribution in [0, 0.1) is 0 Å². The van der Waals surface area contributed by atoms with Gasteiger partial charge in [-0.25, -0.2) is 0 Å². The quantitative estimate of drug-likeness (QED) is 0.190. The molecule has 0 fully saturated rings. The molecule has 3 heteroatoms. The summed E-state index contributed by atoms with van der Waals surface area (Å²) in [5, 5.41) is 9.87. The van der Waals surface area contributed by atoms with Crippen LogP contribution in [0.5, 0.6) is 17.2 Å². The van der Waals surface area contributed by atoms with Crippen molar-refractivity contribution in [3.63, 3.8) is 0 Å². The van der Waals surface area contributed by atoms with Crippen molar-refractivity contribution >= 4 is 11.1 Å². The van der Waals surface area contributed by atoms with Gasteiger partial charge in [-0.1, -0.05) is 104 Å². The lowest BCUT2D eigenvalue weighted by molar-refractivity contribution is 0.306. The van der Waals surface area contributed by atoms with Gasteiger partial charge in [0, 0.05) is 0 Å². The molecule has 0 bridgehead atoms. The molecule has 194 valence electrons. The summed E-state index contributed by atoms with van der Waals surface area (Å²) in [6, 6.07) is 44.4. The molecule has 0 aliphatic heterocycles. The number of benzene rings is 5. The summed E-state index contributed by atoms with van der Waals surface area (Å²) in [6.07, 6.45) is 0.832. The second-order valence-electron chi connectivity index (χ2n) is 9.35. The molecule has 1 N–H and O–H groups in total. The Hall–Kier alpha value is -4.76. The van der Waals surface area contributed by atoms with Crippen LogP contribution in [0.15, 0.2) is 133 Å². The van der Waals surface area contributed by atoms with E-state index >= 15 is 0 Å². The minimum Gasteiger partial charge on any atom is -0.508 e. The average molecular weight is 513 g/mol. The number of hydrogen-bond acceptors (Lipinski definition) is 3. The number of rotatable bonds is 10. The first kappa shape index (κ1) is 25.9. The Kier molecular flexibility index (Phi) is 8.40. The SMILES string of the molecule is CCC(=C(c1ccc(OCc2ccccc2)cc1)c1ccc(OCc2ccccc2)cc1)c1ccc(O)cc1. The number of phenolic OH excluding ortho intramolecular Hbond substituents is 1. The van der Waals surface area contributed by atoms with Gasteiger partial charge in [0.2, 0.25) is 0 Å². The van der Waals surface area contributed by atoms with Crippen LogP contribution in [-0.2, 0) is 13.2 Å². The minimum absolute atomic E-state index is 0.260. The molecule has 3 nitrogen and oxygen atoms in total. The van der Waals surface area contributed by atoms with E-state index in [1.807, 2.05) is 72.8 Å². The van der Waals surface area contributed by atoms with Crippen molar-refractivity contribution in [3.05, 3.63) is 161 Å². The lowest BCUT2D eigenvalue weighted by Gasteiger charge is -2.17. The van der Waals surface area contributed by atoms with E-state index in [9.17, 15) is 5.11 Å². The van der Waals surface area contributed by atoms with E-state index in [4.69, 9.17) is 9.47 Å². The Morgan fingerprint density at radius 1 is 0.513 bits per heavy atom. The summed E-state index contributed by atoms with van der Waals surface area (Å²) < 4.78 is 12.1. The topological polar surface area (TPSA) is 38.7 Å². The highest BCUT2D eigenvalue weighted by Gasteiger charge is 2.14. The molecule has 0 unspecified atom stereocenters. The van der Waals surface area contributed by atoms with Gasteiger partial charge in [-0.2, -0.15) is 0 Å². The number of phenols is 1. The number of aromatic hydroxyl groups is 1. The van der Waals surface area contributed by atoms with Gasteiger partial charge < -0.3 is 14.6 Å². The summed E-state index contributed by atoms with van der Waals surface area (Å²) >= 11 is 0. The van der Waals surface area contributed by atoms with E-state index in [0.29, 0.717) is 13.2 Å². The molecular formula is C36H32O3. The van der Waals surface area contributed by atoms with Crippen molar-refractivity contribution in [1.29, 1.82) is 0 Å². The maximum absolute atomic E-state index is 9.87. The van der Waals surface area contributed by atoms with Gasteiger partial charge in [-0.05, 0) is 81.8 Å². The molecule has 5 aromatic rings. The van der Waals surface area contributed by atoms with Crippen molar-refractivity contribution < 1.29 is 14.6 Å². The van der Waals surface area contributed by atoms with E-state index in [1.54, 1.807) is 12.1 Å². The highest BCUT2D eigenvalue weighted by molar-refractivity contribution is 5.98. The Balaban J connectivity index is 1.44. The van der Waals surface area contributed by atoms with Gasteiger partial charge in [-0.3, -0.25) is 0 Å². The van der Waals surface area contributed by atoms with Crippen molar-refractivity contribution in [1.82, 2.24) is 0 Å². The molecule has 0 aliphatic carbocycles. The molecule has 5 rings (SSSR count). The summed E-state index contributed by atoms with van der Waals surface area (Å²) in [6.45, 7) is 3.22. The zero-order valence-electron chi connectivity index (χ0n) is 22.1. The average Bonchev–Trinajstić information content (AvgIpc) is 3.00. The van der Waals surface area contributed by atoms with Crippen LogP contribution in [0.3, 0.4) is 0 Å². The fraction of sp³-hybridized carbons (Fsp3) is 0.111. The van der Waals surface area contributed by atoms with E-state index in [2.05, 4.69) is 55.5 Å². The summed E-state index contributed by atoms with van der Waals surface area (Å²) in [5.74, 6) is 1.92. The maximum Gasteiger partial charge on any atom is 0.119 e. The first-order chi connectivity index (χ1) is 19.2. The Labute approximate surface area is 230 Å². The van der Waals surface area contributed by atoms with E-state index in [0.717, 1.165) is 51.3 Å². The predicted octanol–water partition coefficient (Wildman–Crippen LogP) is 8.92. The molecular weight excluding hydrogens is 480 g/mol. The summed E-state index contributed by atoms with van der Waals surface area (Å²) in [4.78, 5) is 0. The first-order valence-corrected chi connectivity index (χ1v) is 13.3. The Morgan fingerprint density at radius 3 is 1.33 bits per heavy atom. The highest BCUT2D eigenvalue weighted by atomic mass is 16.5. The third-order valence-corrected chi connectivity index (χ3v) is 6.65. The Bertz CT molecular complexity index is 1400. The Morgan fingerprint density at radius 2 is 0.923 bits per heavy atom. The van der Waals surface area contributed by atoms with Crippen LogP contribution in [-0.4, -0.2) is 5.11 Å². The standard InChI is InChI=1S/C36H32O3/c1-2-35(29-13-19-32(37)20-14-29)36(30-15-21-33(22-16-30)38-25-27-9-5-3-6-10-27)31-17-23-34(24-18-31)39-26-28-11-7-4-8-12-28/h3-24,37H,2,25-26H2,1H3. The fourth-order valence-corrected chi connectivity index (χ4v) is 4.62. The van der Waals surface area contributed by atoms with E-state index < -0.39 is 0 Å². The van der Waals surface area contributed by atoms with Crippen LogP contribution in [0.1, 0.15) is 41.2 Å². The van der Waals surface area contributed by atoms with Crippen molar-refractivity contribution in [2.45, 2.75) is 26.6 Å². The molecule has 0 saturated heterocycles. The molecule has 0 spiro atoms. The third-order valence-electron chi connectivity index (χ3n) is 6.65. The van der Waals surface area contributed by atoms with Gasteiger partial charge in [0.25, 0.3) is 0 Å². The maximum atomic E-state index is 9.87. The molecule has 0 aromatic heterocycles. The molecule has 0 saturated carbocycles. The second kappa shape index (κ2) is 12.7. The lowest BCUT2D eigenvalue weighted by Crippen LogP contribution is -1.98. The monoisotopic (exact) mass is 512 g/mol. The first-order valence-electron chi connectivity index (χ1n) is 13.3. The van der Waals surface area contributed by atoms with E-state index in [-0.39, 0.29) is 5.75 Å². The van der Waals surface area contributed by atoms with Crippen LogP contribution in [0.2, 0.25) is 0 Å². The predicted molar refractivity (Wildman–Crippen MR) is 159 cm³/mol. The van der Waals surface area contributed by atoms with Crippen LogP contribution in [0.4, 0.5) is 0 Å². The highest BCUT2D eigenvalue weighted by Crippen LogP contribution is 2.36. The zero-order chi connectivity index (χ0) is 26.9. The van der Waals surface area contributed by atoms with Gasteiger partial charge in [0.05, 0.1) is 0 Å². The van der Waals surface area contributed by atoms with E-state index in [1.165, 1.54) is 5.57 Å². The molecule has 0 amide bonds. The molecule has 39 heavy (non-hydrogen) atoms. The van der Waals surface area contributed by atoms with Crippen molar-refractivity contribution in [2.75, 3.05) is 0 Å². The lowest BCUT2D eigenvalue weighted by atomic mass is 9.88. The molecule has 5 aromatic carbocycles. The zero-order valence-corrected chi connectivity index (χ0v) is 22.1. The summed E-state index contributed by atoms with van der Waals surface area (Å²) in [5.41, 5.74) is 7.90. The van der Waals surface area contributed by atoms with Crippen LogP contribution < -0.4 is 9.47 Å². The smallest absolute Gasteiger partial charge is 0.119 e. The van der Waals surface area contributed by atoms with Crippen LogP contribution in [0.25, 0.3) is 11.1 Å². The largest absolute Gasteiger partial charge is 0.508 e. The van der Waals surface area contributed by atoms with Gasteiger partial charge >= 0.3 is 0 Å². The van der Waals surface area contributed by atoms with Crippen LogP contribution >= 0.6 is 0 Å². The number of allylic oxidation sites excluding steroid dienone is 1. The van der Waals surface area contributed by atoms with Crippen molar-refractivity contribution in [3.8, 4) is 17.2 Å². The summed E-state index contributed by atoms with van der Waals surface area (Å²) in [7, 11) is 0. The minimum atomic E-state index is 0.260. The van der Waals surface area contributed by atoms with Gasteiger partial charge in [-0.15, -0.1) is 0 Å². The molecule has 0 radical (unpaired) electrons. The second-order valence-corrected chi connectivity index (χ2v) is 9.35. The number of hydrogen-bond donors (Lipinski definition) is 1. The molecule has 0 atom stereocenters. The number of ether oxygens (including phenoxy) is 2. The van der Waals surface area contributed by atoms with Crippen molar-refractivity contribution in [2.24, 2.45) is 0 Å². The molecule has 0 aliphatic rings. The normalized spacial score (nSPS) is 10.6. The fourth-order valence-electron chi connectivity index (χ4n) is 4.62.